The summed E-state index contributed by atoms with van der Waals surface area (Å²) in [6.07, 6.45) is 1.50. The number of hydrogen-bond donors (Lipinski definition) is 0. The number of hydrogen-bond acceptors (Lipinski definition) is 6. The van der Waals surface area contributed by atoms with Crippen molar-refractivity contribution in [3.05, 3.63) is 63.7 Å². The lowest BCUT2D eigenvalue weighted by Crippen LogP contribution is -2.44. The standard InChI is InChI=1S/C22H29N3O4/c1-23-13-15-24(16-14-23)12-6-9-19-10-11-20(28-2)22(21(19)25(26)27)29-17-18-7-4-3-5-8-18/h3-5,7-8,10-11H,6,9,12-17H2,1-2H3. The van der Waals surface area contributed by atoms with Crippen LogP contribution < -0.4 is 9.47 Å². The molecule has 7 heteroatoms. The number of piperazine rings is 1. The first kappa shape index (κ1) is 21.1. The number of nitrogens with zero attached hydrogens (tertiary/aromatic N) is 3. The number of benzene rings is 2. The number of rotatable bonds is 9. The molecule has 1 heterocycles. The van der Waals surface area contributed by atoms with Crippen molar-refractivity contribution in [2.24, 2.45) is 0 Å². The molecule has 29 heavy (non-hydrogen) atoms. The Bertz CT molecular complexity index is 805. The van der Waals surface area contributed by atoms with E-state index in [-0.39, 0.29) is 23.0 Å². The van der Waals surface area contributed by atoms with Gasteiger partial charge in [0.15, 0.2) is 5.75 Å². The number of methoxy groups -OCH3 is 1. The highest BCUT2D eigenvalue weighted by Gasteiger charge is 2.26. The molecular weight excluding hydrogens is 370 g/mol. The van der Waals surface area contributed by atoms with E-state index in [0.717, 1.165) is 44.7 Å². The van der Waals surface area contributed by atoms with E-state index >= 15 is 0 Å². The van der Waals surface area contributed by atoms with Gasteiger partial charge >= 0.3 is 5.69 Å². The number of ether oxygens (including phenoxy) is 2. The summed E-state index contributed by atoms with van der Waals surface area (Å²) in [7, 11) is 3.64. The molecule has 156 valence electrons. The highest BCUT2D eigenvalue weighted by atomic mass is 16.6. The fourth-order valence-electron chi connectivity index (χ4n) is 3.59. The predicted octanol–water partition coefficient (Wildman–Crippen LogP) is 3.36. The van der Waals surface area contributed by atoms with Crippen molar-refractivity contribution in [3.63, 3.8) is 0 Å². The molecular formula is C22H29N3O4. The highest BCUT2D eigenvalue weighted by molar-refractivity contribution is 5.60. The van der Waals surface area contributed by atoms with E-state index in [9.17, 15) is 10.1 Å². The quantitative estimate of drug-likeness (QED) is 0.476. The van der Waals surface area contributed by atoms with Crippen LogP contribution in [0.1, 0.15) is 17.5 Å². The Morgan fingerprint density at radius 3 is 2.45 bits per heavy atom. The second kappa shape index (κ2) is 10.2. The van der Waals surface area contributed by atoms with Crippen molar-refractivity contribution in [1.29, 1.82) is 0 Å². The third-order valence-electron chi connectivity index (χ3n) is 5.32. The van der Waals surface area contributed by atoms with Crippen molar-refractivity contribution in [2.75, 3.05) is 46.9 Å². The summed E-state index contributed by atoms with van der Waals surface area (Å²) >= 11 is 0. The molecule has 1 aliphatic heterocycles. The molecule has 0 N–H and O–H groups in total. The van der Waals surface area contributed by atoms with Crippen LogP contribution in [0, 0.1) is 10.1 Å². The molecule has 0 aromatic heterocycles. The molecule has 0 bridgehead atoms. The zero-order valence-electron chi connectivity index (χ0n) is 17.2. The van der Waals surface area contributed by atoms with Crippen molar-refractivity contribution in [3.8, 4) is 11.5 Å². The monoisotopic (exact) mass is 399 g/mol. The predicted molar refractivity (Wildman–Crippen MR) is 113 cm³/mol. The Hall–Kier alpha value is -2.64. The summed E-state index contributed by atoms with van der Waals surface area (Å²) in [5.74, 6) is 0.592. The van der Waals surface area contributed by atoms with Crippen LogP contribution in [0.2, 0.25) is 0 Å². The lowest BCUT2D eigenvalue weighted by atomic mass is 10.1. The first-order valence-electron chi connectivity index (χ1n) is 10.0. The third kappa shape index (κ3) is 5.68. The fourth-order valence-corrected chi connectivity index (χ4v) is 3.59. The Labute approximate surface area is 172 Å². The molecule has 3 rings (SSSR count). The molecule has 0 amide bonds. The lowest BCUT2D eigenvalue weighted by Gasteiger charge is -2.32. The number of aryl methyl sites for hydroxylation is 1. The summed E-state index contributed by atoms with van der Waals surface area (Å²) in [5.41, 5.74) is 1.65. The zero-order valence-corrected chi connectivity index (χ0v) is 17.2. The van der Waals surface area contributed by atoms with E-state index in [2.05, 4.69) is 16.8 Å². The van der Waals surface area contributed by atoms with Gasteiger partial charge in [0.25, 0.3) is 0 Å². The molecule has 0 atom stereocenters. The molecule has 0 unspecified atom stereocenters. The summed E-state index contributed by atoms with van der Waals surface area (Å²) < 4.78 is 11.2. The first-order chi connectivity index (χ1) is 14.1. The lowest BCUT2D eigenvalue weighted by molar-refractivity contribution is -0.386. The van der Waals surface area contributed by atoms with Crippen molar-refractivity contribution in [2.45, 2.75) is 19.4 Å². The average Bonchev–Trinajstić information content (AvgIpc) is 2.74. The first-order valence-corrected chi connectivity index (χ1v) is 10.0. The van der Waals surface area contributed by atoms with Gasteiger partial charge in [0.05, 0.1) is 12.0 Å². The summed E-state index contributed by atoms with van der Waals surface area (Å²) in [5, 5.41) is 11.9. The second-order valence-electron chi connectivity index (χ2n) is 7.38. The van der Waals surface area contributed by atoms with Crippen LogP contribution in [0.25, 0.3) is 0 Å². The molecule has 1 fully saturated rings. The number of nitro benzene ring substituents is 1. The minimum Gasteiger partial charge on any atom is -0.493 e. The summed E-state index contributed by atoms with van der Waals surface area (Å²) in [4.78, 5) is 16.3. The SMILES string of the molecule is COc1ccc(CCCN2CCN(C)CC2)c([N+](=O)[O-])c1OCc1ccccc1. The van der Waals surface area contributed by atoms with E-state index in [1.165, 1.54) is 7.11 Å². The van der Waals surface area contributed by atoms with Gasteiger partial charge in [-0.1, -0.05) is 30.3 Å². The van der Waals surface area contributed by atoms with Crippen molar-refractivity contribution in [1.82, 2.24) is 9.80 Å². The molecule has 7 nitrogen and oxygen atoms in total. The van der Waals surface area contributed by atoms with Gasteiger partial charge in [0.1, 0.15) is 6.61 Å². The van der Waals surface area contributed by atoms with Gasteiger partial charge in [0.2, 0.25) is 5.75 Å². The Morgan fingerprint density at radius 2 is 1.79 bits per heavy atom. The van der Waals surface area contributed by atoms with Crippen LogP contribution in [0.5, 0.6) is 11.5 Å². The summed E-state index contributed by atoms with van der Waals surface area (Å²) in [6, 6.07) is 13.2. The van der Waals surface area contributed by atoms with E-state index in [1.54, 1.807) is 12.1 Å². The largest absolute Gasteiger partial charge is 0.493 e. The van der Waals surface area contributed by atoms with Crippen LogP contribution in [0.3, 0.4) is 0 Å². The average molecular weight is 399 g/mol. The molecule has 1 aliphatic rings. The van der Waals surface area contributed by atoms with Crippen LogP contribution in [-0.2, 0) is 13.0 Å². The molecule has 0 saturated carbocycles. The summed E-state index contributed by atoms with van der Waals surface area (Å²) in [6.45, 7) is 5.43. The van der Waals surface area contributed by atoms with E-state index in [0.29, 0.717) is 17.7 Å². The molecule has 0 spiro atoms. The molecule has 0 aliphatic carbocycles. The van der Waals surface area contributed by atoms with E-state index < -0.39 is 0 Å². The smallest absolute Gasteiger partial charge is 0.318 e. The van der Waals surface area contributed by atoms with Crippen LogP contribution in [-0.4, -0.2) is 61.6 Å². The van der Waals surface area contributed by atoms with Crippen LogP contribution in [0.4, 0.5) is 5.69 Å². The fraction of sp³-hybridized carbons (Fsp3) is 0.455. The molecule has 0 radical (unpaired) electrons. The van der Waals surface area contributed by atoms with Crippen LogP contribution >= 0.6 is 0 Å². The van der Waals surface area contributed by atoms with Gasteiger partial charge in [-0.2, -0.15) is 0 Å². The maximum Gasteiger partial charge on any atom is 0.318 e. The third-order valence-corrected chi connectivity index (χ3v) is 5.32. The van der Waals surface area contributed by atoms with E-state index in [1.807, 2.05) is 30.3 Å². The Morgan fingerprint density at radius 1 is 1.07 bits per heavy atom. The van der Waals surface area contributed by atoms with Gasteiger partial charge in [-0.25, -0.2) is 0 Å². The molecule has 2 aromatic rings. The minimum absolute atomic E-state index is 0.0126. The molecule has 1 saturated heterocycles. The van der Waals surface area contributed by atoms with Crippen LogP contribution in [0.15, 0.2) is 42.5 Å². The number of nitro groups is 1. The van der Waals surface area contributed by atoms with Gasteiger partial charge < -0.3 is 19.3 Å². The van der Waals surface area contributed by atoms with Gasteiger partial charge in [-0.15, -0.1) is 0 Å². The highest BCUT2D eigenvalue weighted by Crippen LogP contribution is 2.40. The number of likely N-dealkylation sites (N-methyl/N-ethyl adjacent to an activating group) is 1. The topological polar surface area (TPSA) is 68.1 Å². The zero-order chi connectivity index (χ0) is 20.6. The van der Waals surface area contributed by atoms with E-state index in [4.69, 9.17) is 9.47 Å². The maximum absolute atomic E-state index is 11.9. The van der Waals surface area contributed by atoms with Crippen molar-refractivity contribution < 1.29 is 14.4 Å². The van der Waals surface area contributed by atoms with Crippen molar-refractivity contribution >= 4 is 5.69 Å². The van der Waals surface area contributed by atoms with Gasteiger partial charge in [-0.05, 0) is 44.1 Å². The molecule has 2 aromatic carbocycles. The van der Waals surface area contributed by atoms with Gasteiger partial charge in [0, 0.05) is 31.7 Å². The van der Waals surface area contributed by atoms with Gasteiger partial charge in [-0.3, -0.25) is 10.1 Å². The minimum atomic E-state index is -0.353. The second-order valence-corrected chi connectivity index (χ2v) is 7.38. The maximum atomic E-state index is 11.9. The normalized spacial score (nSPS) is 15.2. The Kier molecular flexibility index (Phi) is 7.43. The Balaban J connectivity index is 1.72.